The second-order valence-electron chi connectivity index (χ2n) is 7.88. The van der Waals surface area contributed by atoms with E-state index in [4.69, 9.17) is 14.2 Å². The number of likely N-dealkylation sites (N-methyl/N-ethyl adjacent to an activating group) is 1. The van der Waals surface area contributed by atoms with Crippen molar-refractivity contribution in [1.82, 2.24) is 4.90 Å². The number of nitrogens with one attached hydrogen (secondary N) is 1. The third-order valence-corrected chi connectivity index (χ3v) is 6.02. The van der Waals surface area contributed by atoms with E-state index in [9.17, 15) is 14.0 Å². The number of carbonyl (C=O) groups excluding carboxylic acids is 2. The molecule has 34 heavy (non-hydrogen) atoms. The molecule has 176 valence electrons. The lowest BCUT2D eigenvalue weighted by Crippen LogP contribution is -2.44. The second kappa shape index (κ2) is 9.43. The average molecular weight is 464 g/mol. The monoisotopic (exact) mass is 464 g/mol. The van der Waals surface area contributed by atoms with Crippen molar-refractivity contribution in [1.29, 1.82) is 0 Å². The molecule has 7 nitrogen and oxygen atoms in total. The Morgan fingerprint density at radius 2 is 1.62 bits per heavy atom. The molecule has 2 atom stereocenters. The minimum absolute atomic E-state index is 0.240. The van der Waals surface area contributed by atoms with Gasteiger partial charge in [-0.15, -0.1) is 0 Å². The molecule has 0 aromatic heterocycles. The Balaban J connectivity index is 1.89. The molecule has 3 aromatic rings. The zero-order chi connectivity index (χ0) is 24.4. The third-order valence-electron chi connectivity index (χ3n) is 6.02. The number of fused-ring (bicyclic) bond motifs is 1. The van der Waals surface area contributed by atoms with E-state index in [-0.39, 0.29) is 11.5 Å². The van der Waals surface area contributed by atoms with Gasteiger partial charge in [0.15, 0.2) is 11.5 Å². The van der Waals surface area contributed by atoms with Crippen molar-refractivity contribution in [2.45, 2.75) is 12.0 Å². The van der Waals surface area contributed by atoms with Gasteiger partial charge in [0.1, 0.15) is 11.6 Å². The van der Waals surface area contributed by atoms with Gasteiger partial charge in [0, 0.05) is 29.9 Å². The van der Waals surface area contributed by atoms with Gasteiger partial charge in [-0.2, -0.15) is 0 Å². The number of hydrogen-bond acceptors (Lipinski definition) is 5. The fourth-order valence-corrected chi connectivity index (χ4v) is 4.36. The average Bonchev–Trinajstić information content (AvgIpc) is 2.85. The number of amides is 2. The van der Waals surface area contributed by atoms with Gasteiger partial charge in [-0.05, 0) is 35.9 Å². The standard InChI is InChI=1S/C26H25FN2O5/c1-29-24(17-10-5-6-11-20(17)27)23(25(30)28-15-8-7-9-16(12-15)32-2)18-13-21(33-3)22(34-4)14-19(18)26(29)31/h5-14,23-24H,1-4H3,(H,28,30)/t23-,24-/m0/s1. The third kappa shape index (κ3) is 4.03. The van der Waals surface area contributed by atoms with E-state index in [0.717, 1.165) is 0 Å². The molecule has 1 heterocycles. The van der Waals surface area contributed by atoms with Gasteiger partial charge in [-0.25, -0.2) is 4.39 Å². The van der Waals surface area contributed by atoms with Crippen LogP contribution >= 0.6 is 0 Å². The van der Waals surface area contributed by atoms with Crippen LogP contribution in [0.1, 0.15) is 33.4 Å². The Morgan fingerprint density at radius 3 is 2.29 bits per heavy atom. The summed E-state index contributed by atoms with van der Waals surface area (Å²) in [6, 6.07) is 15.3. The molecule has 0 saturated heterocycles. The lowest BCUT2D eigenvalue weighted by molar-refractivity contribution is -0.119. The molecule has 1 N–H and O–H groups in total. The van der Waals surface area contributed by atoms with Gasteiger partial charge in [-0.1, -0.05) is 24.3 Å². The fraction of sp³-hybridized carbons (Fsp3) is 0.231. The second-order valence-corrected chi connectivity index (χ2v) is 7.88. The highest BCUT2D eigenvalue weighted by atomic mass is 19.1. The summed E-state index contributed by atoms with van der Waals surface area (Å²) in [5, 5.41) is 2.90. The van der Waals surface area contributed by atoms with Gasteiger partial charge < -0.3 is 24.4 Å². The topological polar surface area (TPSA) is 77.1 Å². The Labute approximate surface area is 197 Å². The fourth-order valence-electron chi connectivity index (χ4n) is 4.36. The summed E-state index contributed by atoms with van der Waals surface area (Å²) in [4.78, 5) is 28.5. The molecule has 0 radical (unpaired) electrons. The lowest BCUT2D eigenvalue weighted by Gasteiger charge is -2.40. The zero-order valence-corrected chi connectivity index (χ0v) is 19.3. The molecule has 3 aromatic carbocycles. The largest absolute Gasteiger partial charge is 0.497 e. The highest BCUT2D eigenvalue weighted by Gasteiger charge is 2.44. The van der Waals surface area contributed by atoms with E-state index in [0.29, 0.717) is 34.1 Å². The maximum atomic E-state index is 14.9. The molecule has 2 amide bonds. The number of benzene rings is 3. The number of nitrogens with zero attached hydrogens (tertiary/aromatic N) is 1. The molecule has 4 rings (SSSR count). The predicted octanol–water partition coefficient (Wildman–Crippen LogP) is 4.40. The van der Waals surface area contributed by atoms with E-state index in [2.05, 4.69) is 5.32 Å². The van der Waals surface area contributed by atoms with Crippen molar-refractivity contribution >= 4 is 17.5 Å². The van der Waals surface area contributed by atoms with Crippen LogP contribution in [0.2, 0.25) is 0 Å². The maximum absolute atomic E-state index is 14.9. The first-order valence-corrected chi connectivity index (χ1v) is 10.6. The molecule has 8 heteroatoms. The molecule has 0 fully saturated rings. The molecular weight excluding hydrogens is 439 g/mol. The van der Waals surface area contributed by atoms with Crippen molar-refractivity contribution in [3.63, 3.8) is 0 Å². The maximum Gasteiger partial charge on any atom is 0.254 e. The van der Waals surface area contributed by atoms with Gasteiger partial charge in [0.2, 0.25) is 5.91 Å². The highest BCUT2D eigenvalue weighted by Crippen LogP contribution is 2.46. The van der Waals surface area contributed by atoms with E-state index >= 15 is 0 Å². The Bertz CT molecular complexity index is 1250. The first-order valence-electron chi connectivity index (χ1n) is 10.6. The Morgan fingerprint density at radius 1 is 0.912 bits per heavy atom. The summed E-state index contributed by atoms with van der Waals surface area (Å²) in [5.74, 6) is -0.893. The van der Waals surface area contributed by atoms with Crippen LogP contribution in [0.15, 0.2) is 60.7 Å². The van der Waals surface area contributed by atoms with Crippen molar-refractivity contribution in [2.24, 2.45) is 0 Å². The summed E-state index contributed by atoms with van der Waals surface area (Å²) in [6.45, 7) is 0. The quantitative estimate of drug-likeness (QED) is 0.585. The van der Waals surface area contributed by atoms with E-state index < -0.39 is 23.7 Å². The minimum atomic E-state index is -0.930. The molecule has 0 aliphatic carbocycles. The van der Waals surface area contributed by atoms with Gasteiger partial charge in [0.05, 0.1) is 33.3 Å². The molecule has 0 bridgehead atoms. The number of halogens is 1. The number of rotatable bonds is 6. The smallest absolute Gasteiger partial charge is 0.254 e. The van der Waals surface area contributed by atoms with Gasteiger partial charge in [0.25, 0.3) is 5.91 Å². The Hall–Kier alpha value is -4.07. The summed E-state index contributed by atoms with van der Waals surface area (Å²) < 4.78 is 31.0. The predicted molar refractivity (Wildman–Crippen MR) is 125 cm³/mol. The van der Waals surface area contributed by atoms with Gasteiger partial charge in [-0.3, -0.25) is 9.59 Å². The molecule has 1 aliphatic heterocycles. The zero-order valence-electron chi connectivity index (χ0n) is 19.3. The molecular formula is C26H25FN2O5. The van der Waals surface area contributed by atoms with Crippen LogP contribution in [0.5, 0.6) is 17.2 Å². The first-order chi connectivity index (χ1) is 16.4. The normalized spacial score (nSPS) is 17.1. The number of methoxy groups -OCH3 is 3. The molecule has 1 aliphatic rings. The summed E-state index contributed by atoms with van der Waals surface area (Å²) in [6.07, 6.45) is 0. The Kier molecular flexibility index (Phi) is 6.40. The summed E-state index contributed by atoms with van der Waals surface area (Å²) >= 11 is 0. The van der Waals surface area contributed by atoms with Crippen molar-refractivity contribution in [3.8, 4) is 17.2 Å². The molecule has 0 spiro atoms. The summed E-state index contributed by atoms with van der Waals surface area (Å²) in [5.41, 5.74) is 1.47. The minimum Gasteiger partial charge on any atom is -0.497 e. The SMILES string of the molecule is COc1cccc(NC(=O)[C@H]2c3cc(OC)c(OC)cc3C(=O)N(C)[C@H]2c2ccccc2F)c1. The van der Waals surface area contributed by atoms with Crippen LogP contribution in [0.4, 0.5) is 10.1 Å². The van der Waals surface area contributed by atoms with Crippen LogP contribution in [0.25, 0.3) is 0 Å². The number of hydrogen-bond donors (Lipinski definition) is 1. The van der Waals surface area contributed by atoms with E-state index in [1.807, 2.05) is 0 Å². The van der Waals surface area contributed by atoms with Crippen molar-refractivity contribution < 1.29 is 28.2 Å². The highest BCUT2D eigenvalue weighted by molar-refractivity contribution is 6.05. The van der Waals surface area contributed by atoms with Crippen LogP contribution < -0.4 is 19.5 Å². The summed E-state index contributed by atoms with van der Waals surface area (Å²) in [7, 11) is 6.04. The number of carbonyl (C=O) groups is 2. The number of ether oxygens (including phenoxy) is 3. The van der Waals surface area contributed by atoms with Gasteiger partial charge >= 0.3 is 0 Å². The van der Waals surface area contributed by atoms with Crippen molar-refractivity contribution in [3.05, 3.63) is 83.2 Å². The number of anilines is 1. The van der Waals surface area contributed by atoms with Crippen LogP contribution in [-0.4, -0.2) is 45.1 Å². The van der Waals surface area contributed by atoms with Crippen LogP contribution in [0, 0.1) is 5.82 Å². The molecule has 0 saturated carbocycles. The van der Waals surface area contributed by atoms with Crippen molar-refractivity contribution in [2.75, 3.05) is 33.7 Å². The lowest BCUT2D eigenvalue weighted by atomic mass is 9.79. The first kappa shape index (κ1) is 23.1. The van der Waals surface area contributed by atoms with E-state index in [1.54, 1.807) is 61.6 Å². The van der Waals surface area contributed by atoms with Crippen LogP contribution in [-0.2, 0) is 4.79 Å². The van der Waals surface area contributed by atoms with E-state index in [1.165, 1.54) is 32.3 Å². The van der Waals surface area contributed by atoms with Crippen LogP contribution in [0.3, 0.4) is 0 Å². The molecule has 0 unspecified atom stereocenters.